The summed E-state index contributed by atoms with van der Waals surface area (Å²) < 4.78 is 11.5. The maximum atomic E-state index is 6.75. The Labute approximate surface area is 322 Å². The lowest BCUT2D eigenvalue weighted by atomic mass is 9.81. The molecule has 0 spiro atoms. The lowest BCUT2D eigenvalue weighted by Crippen LogP contribution is -2.14. The van der Waals surface area contributed by atoms with Gasteiger partial charge in [0.15, 0.2) is 0 Å². The molecular weight excluding hydrogens is 681 g/mol. The molecular formula is C53H34N2O. The van der Waals surface area contributed by atoms with E-state index in [0.29, 0.717) is 0 Å². The second-order valence-corrected chi connectivity index (χ2v) is 16.1. The fourth-order valence-corrected chi connectivity index (χ4v) is 10.2. The zero-order valence-corrected chi connectivity index (χ0v) is 31.0. The second kappa shape index (κ2) is 10.6. The van der Waals surface area contributed by atoms with Gasteiger partial charge in [-0.15, -0.1) is 0 Å². The summed E-state index contributed by atoms with van der Waals surface area (Å²) in [7, 11) is 0. The van der Waals surface area contributed by atoms with Crippen molar-refractivity contribution in [2.45, 2.75) is 19.3 Å². The molecule has 0 N–H and O–H groups in total. The molecule has 56 heavy (non-hydrogen) atoms. The van der Waals surface area contributed by atoms with Crippen LogP contribution in [-0.2, 0) is 5.41 Å². The van der Waals surface area contributed by atoms with E-state index in [0.717, 1.165) is 16.9 Å². The highest BCUT2D eigenvalue weighted by atomic mass is 16.3. The molecule has 0 saturated heterocycles. The van der Waals surface area contributed by atoms with Crippen molar-refractivity contribution in [2.75, 3.05) is 0 Å². The average Bonchev–Trinajstić information content (AvgIpc) is 3.94. The standard InChI is InChI=1S/C53H34N2O/c1-53(2)43-23-24-49-52(42-28-32-20-22-36(26-34(32)30-50(42)56-49)55-47-17-9-5-13-39(47)40-14-6-10-18-48(40)55)51(43)41-27-31-19-21-35(25-33(31)29-44(41)53)54-45-15-7-3-11-37(45)38-12-4-8-16-46(38)54/h3-30H,1-2H3. The topological polar surface area (TPSA) is 23.0 Å². The third kappa shape index (κ3) is 3.86. The van der Waals surface area contributed by atoms with Crippen LogP contribution in [0.25, 0.3) is 110 Å². The normalized spacial score (nSPS) is 13.7. The van der Waals surface area contributed by atoms with E-state index < -0.39 is 0 Å². The zero-order chi connectivity index (χ0) is 36.9. The van der Waals surface area contributed by atoms with Crippen LogP contribution in [0.15, 0.2) is 174 Å². The Bertz CT molecular complexity index is 3580. The van der Waals surface area contributed by atoms with Gasteiger partial charge in [0.25, 0.3) is 0 Å². The summed E-state index contributed by atoms with van der Waals surface area (Å²) in [6.45, 7) is 4.75. The van der Waals surface area contributed by atoms with Crippen molar-refractivity contribution in [3.05, 3.63) is 181 Å². The molecule has 9 aromatic carbocycles. The van der Waals surface area contributed by atoms with E-state index in [1.54, 1.807) is 0 Å². The Hall–Kier alpha value is -7.10. The SMILES string of the molecule is CC1(C)c2cc3cc(-n4c5ccccc5c5ccccc54)ccc3cc2-c2c1ccc1oc3cc4cc(-n5c6ccccc6c6ccccc65)ccc4cc3c21. The molecule has 262 valence electrons. The minimum atomic E-state index is -0.173. The Kier molecular flexibility index (Phi) is 5.70. The molecule has 3 heteroatoms. The summed E-state index contributed by atoms with van der Waals surface area (Å²) in [6, 6.07) is 62.6. The second-order valence-electron chi connectivity index (χ2n) is 16.1. The molecule has 0 atom stereocenters. The number of benzene rings is 9. The van der Waals surface area contributed by atoms with Gasteiger partial charge in [-0.05, 0) is 123 Å². The van der Waals surface area contributed by atoms with Crippen molar-refractivity contribution in [3.8, 4) is 22.5 Å². The summed E-state index contributed by atoms with van der Waals surface area (Å²) >= 11 is 0. The lowest BCUT2D eigenvalue weighted by Gasteiger charge is -2.22. The van der Waals surface area contributed by atoms with Crippen LogP contribution in [0, 0.1) is 0 Å². The molecule has 0 unspecified atom stereocenters. The van der Waals surface area contributed by atoms with Gasteiger partial charge in [0.1, 0.15) is 11.2 Å². The van der Waals surface area contributed by atoms with Crippen LogP contribution in [0.2, 0.25) is 0 Å². The first-order valence-corrected chi connectivity index (χ1v) is 19.5. The molecule has 0 radical (unpaired) electrons. The number of furan rings is 1. The molecule has 0 amide bonds. The number of hydrogen-bond donors (Lipinski definition) is 0. The van der Waals surface area contributed by atoms with Gasteiger partial charge in [0.2, 0.25) is 0 Å². The van der Waals surface area contributed by atoms with Crippen LogP contribution in [0.5, 0.6) is 0 Å². The van der Waals surface area contributed by atoms with Gasteiger partial charge in [-0.1, -0.05) is 105 Å². The third-order valence-electron chi connectivity index (χ3n) is 12.8. The first kappa shape index (κ1) is 30.3. The summed E-state index contributed by atoms with van der Waals surface area (Å²) in [4.78, 5) is 0. The summed E-state index contributed by atoms with van der Waals surface area (Å²) in [6.07, 6.45) is 0. The quantitative estimate of drug-likeness (QED) is 0.175. The Morgan fingerprint density at radius 1 is 0.393 bits per heavy atom. The van der Waals surface area contributed by atoms with Gasteiger partial charge in [0, 0.05) is 49.1 Å². The summed E-state index contributed by atoms with van der Waals surface area (Å²) in [5.74, 6) is 0. The number of rotatable bonds is 2. The molecule has 1 aliphatic carbocycles. The summed E-state index contributed by atoms with van der Waals surface area (Å²) in [5, 5.41) is 12.3. The van der Waals surface area contributed by atoms with Crippen LogP contribution in [-0.4, -0.2) is 9.13 Å². The number of hydrogen-bond acceptors (Lipinski definition) is 1. The Morgan fingerprint density at radius 3 is 1.45 bits per heavy atom. The zero-order valence-electron chi connectivity index (χ0n) is 31.0. The van der Waals surface area contributed by atoms with Gasteiger partial charge >= 0.3 is 0 Å². The number of fused-ring (bicyclic) bond motifs is 15. The molecule has 3 aromatic heterocycles. The first-order chi connectivity index (χ1) is 27.5. The largest absolute Gasteiger partial charge is 0.456 e. The fraction of sp³-hybridized carbons (Fsp3) is 0.0566. The molecule has 3 nitrogen and oxygen atoms in total. The van der Waals surface area contributed by atoms with E-state index >= 15 is 0 Å². The van der Waals surface area contributed by atoms with Crippen molar-refractivity contribution < 1.29 is 4.42 Å². The van der Waals surface area contributed by atoms with Gasteiger partial charge in [-0.25, -0.2) is 0 Å². The van der Waals surface area contributed by atoms with Gasteiger partial charge in [-0.3, -0.25) is 0 Å². The highest BCUT2D eigenvalue weighted by Gasteiger charge is 2.38. The van der Waals surface area contributed by atoms with Gasteiger partial charge < -0.3 is 13.6 Å². The highest BCUT2D eigenvalue weighted by Crippen LogP contribution is 2.54. The molecule has 3 heterocycles. The smallest absolute Gasteiger partial charge is 0.136 e. The van der Waals surface area contributed by atoms with E-state index in [2.05, 4.69) is 193 Å². The van der Waals surface area contributed by atoms with Crippen LogP contribution in [0.4, 0.5) is 0 Å². The molecule has 12 aromatic rings. The Morgan fingerprint density at radius 2 is 0.893 bits per heavy atom. The van der Waals surface area contributed by atoms with Crippen LogP contribution in [0.3, 0.4) is 0 Å². The molecule has 13 rings (SSSR count). The van der Waals surface area contributed by atoms with E-state index in [1.807, 2.05) is 0 Å². The van der Waals surface area contributed by atoms with Gasteiger partial charge in [0.05, 0.1) is 22.1 Å². The number of aromatic nitrogens is 2. The first-order valence-electron chi connectivity index (χ1n) is 19.5. The van der Waals surface area contributed by atoms with Crippen molar-refractivity contribution in [2.24, 2.45) is 0 Å². The molecule has 1 aliphatic rings. The van der Waals surface area contributed by atoms with Crippen LogP contribution in [0.1, 0.15) is 25.0 Å². The van der Waals surface area contributed by atoms with E-state index in [4.69, 9.17) is 4.42 Å². The molecule has 0 aliphatic heterocycles. The number of para-hydroxylation sites is 4. The number of nitrogens with zero attached hydrogens (tertiary/aromatic N) is 2. The maximum Gasteiger partial charge on any atom is 0.136 e. The van der Waals surface area contributed by atoms with Crippen LogP contribution < -0.4 is 0 Å². The minimum absolute atomic E-state index is 0.173. The van der Waals surface area contributed by atoms with E-state index in [1.165, 1.54) is 104 Å². The average molecular weight is 715 g/mol. The fourth-order valence-electron chi connectivity index (χ4n) is 10.2. The molecule has 0 bridgehead atoms. The predicted molar refractivity (Wildman–Crippen MR) is 235 cm³/mol. The van der Waals surface area contributed by atoms with Gasteiger partial charge in [-0.2, -0.15) is 0 Å². The van der Waals surface area contributed by atoms with Crippen molar-refractivity contribution in [3.63, 3.8) is 0 Å². The Balaban J connectivity index is 0.991. The lowest BCUT2D eigenvalue weighted by molar-refractivity contribution is 0.657. The van der Waals surface area contributed by atoms with Crippen molar-refractivity contribution in [1.82, 2.24) is 9.13 Å². The van der Waals surface area contributed by atoms with E-state index in [-0.39, 0.29) is 5.41 Å². The third-order valence-corrected chi connectivity index (χ3v) is 12.8. The molecule has 0 fully saturated rings. The van der Waals surface area contributed by atoms with Crippen LogP contribution >= 0.6 is 0 Å². The minimum Gasteiger partial charge on any atom is -0.456 e. The van der Waals surface area contributed by atoms with Crippen molar-refractivity contribution >= 4 is 87.1 Å². The highest BCUT2D eigenvalue weighted by molar-refractivity contribution is 6.18. The van der Waals surface area contributed by atoms with Crippen molar-refractivity contribution in [1.29, 1.82) is 0 Å². The van der Waals surface area contributed by atoms with E-state index in [9.17, 15) is 0 Å². The molecule has 0 saturated carbocycles. The maximum absolute atomic E-state index is 6.75. The monoisotopic (exact) mass is 714 g/mol. The predicted octanol–water partition coefficient (Wildman–Crippen LogP) is 14.4. The summed E-state index contributed by atoms with van der Waals surface area (Å²) in [5.41, 5.74) is 14.2.